The van der Waals surface area contributed by atoms with Gasteiger partial charge in [0, 0.05) is 0 Å². The Morgan fingerprint density at radius 2 is 1.75 bits per heavy atom. The van der Waals surface area contributed by atoms with Crippen LogP contribution in [0.15, 0.2) is 12.1 Å². The molecule has 66 valence electrons. The lowest BCUT2D eigenvalue weighted by Crippen LogP contribution is -1.91. The van der Waals surface area contributed by atoms with E-state index in [0.29, 0.717) is 11.7 Å². The summed E-state index contributed by atoms with van der Waals surface area (Å²) < 4.78 is 0. The fourth-order valence-corrected chi connectivity index (χ4v) is 1.43. The van der Waals surface area contributed by atoms with Crippen molar-refractivity contribution in [3.05, 3.63) is 28.8 Å². The minimum Gasteiger partial charge on any atom is -0.507 e. The maximum Gasteiger partial charge on any atom is 0.121 e. The van der Waals surface area contributed by atoms with Crippen LogP contribution in [0.1, 0.15) is 36.5 Å². The summed E-state index contributed by atoms with van der Waals surface area (Å²) in [7, 11) is 0. The molecule has 1 N–H and O–H groups in total. The van der Waals surface area contributed by atoms with Gasteiger partial charge in [-0.2, -0.15) is 0 Å². The summed E-state index contributed by atoms with van der Waals surface area (Å²) in [6.07, 6.45) is 0. The lowest BCUT2D eigenvalue weighted by molar-refractivity contribution is 0.460. The predicted octanol–water partition coefficient (Wildman–Crippen LogP) is 3.13. The van der Waals surface area contributed by atoms with Gasteiger partial charge in [0.2, 0.25) is 0 Å². The van der Waals surface area contributed by atoms with E-state index in [9.17, 15) is 5.11 Å². The lowest BCUT2D eigenvalue weighted by Gasteiger charge is -2.11. The van der Waals surface area contributed by atoms with Crippen molar-refractivity contribution in [1.82, 2.24) is 0 Å². The van der Waals surface area contributed by atoms with Crippen LogP contribution in [0.5, 0.6) is 5.75 Å². The van der Waals surface area contributed by atoms with E-state index >= 15 is 0 Å². The highest BCUT2D eigenvalue weighted by Gasteiger charge is 2.08. The summed E-state index contributed by atoms with van der Waals surface area (Å²) in [5.74, 6) is 0.846. The highest BCUT2D eigenvalue weighted by molar-refractivity contribution is 5.44. The van der Waals surface area contributed by atoms with Gasteiger partial charge in [-0.25, -0.2) is 0 Å². The van der Waals surface area contributed by atoms with E-state index in [1.54, 1.807) is 0 Å². The van der Waals surface area contributed by atoms with Crippen LogP contribution in [0, 0.1) is 13.8 Å². The van der Waals surface area contributed by atoms with E-state index in [-0.39, 0.29) is 0 Å². The van der Waals surface area contributed by atoms with Gasteiger partial charge < -0.3 is 5.11 Å². The molecular formula is C11H16O. The van der Waals surface area contributed by atoms with E-state index in [2.05, 4.69) is 20.8 Å². The third-order valence-electron chi connectivity index (χ3n) is 2.10. The van der Waals surface area contributed by atoms with Crippen molar-refractivity contribution in [3.63, 3.8) is 0 Å². The van der Waals surface area contributed by atoms with Gasteiger partial charge in [0.15, 0.2) is 0 Å². The normalized spacial score (nSPS) is 10.8. The summed E-state index contributed by atoms with van der Waals surface area (Å²) in [6, 6.07) is 4.05. The molecule has 1 nitrogen and oxygen atoms in total. The molecule has 0 unspecified atom stereocenters. The Kier molecular flexibility index (Phi) is 2.41. The average Bonchev–Trinajstić information content (AvgIpc) is 1.96. The molecule has 1 aromatic carbocycles. The zero-order valence-electron chi connectivity index (χ0n) is 8.18. The number of phenols is 1. The molecule has 0 aliphatic rings. The molecule has 1 rings (SSSR count). The number of hydrogen-bond donors (Lipinski definition) is 1. The second-order valence-electron chi connectivity index (χ2n) is 3.67. The van der Waals surface area contributed by atoms with E-state index < -0.39 is 0 Å². The van der Waals surface area contributed by atoms with Crippen LogP contribution in [0.4, 0.5) is 0 Å². The molecule has 1 aromatic rings. The third-order valence-corrected chi connectivity index (χ3v) is 2.10. The zero-order valence-corrected chi connectivity index (χ0v) is 8.18. The van der Waals surface area contributed by atoms with Crippen LogP contribution < -0.4 is 0 Å². The zero-order chi connectivity index (χ0) is 9.30. The summed E-state index contributed by atoms with van der Waals surface area (Å²) >= 11 is 0. The number of phenolic OH excluding ortho intramolecular Hbond substituents is 1. The Morgan fingerprint density at radius 3 is 2.25 bits per heavy atom. The molecule has 0 aromatic heterocycles. The molecule has 1 heteroatoms. The number of aryl methyl sites for hydroxylation is 2. The van der Waals surface area contributed by atoms with Gasteiger partial charge >= 0.3 is 0 Å². The van der Waals surface area contributed by atoms with Gasteiger partial charge in [0.05, 0.1) is 0 Å². The minimum atomic E-state index is 0.392. The molecule has 0 heterocycles. The summed E-state index contributed by atoms with van der Waals surface area (Å²) in [4.78, 5) is 0. The quantitative estimate of drug-likeness (QED) is 0.676. The van der Waals surface area contributed by atoms with Crippen LogP contribution >= 0.6 is 0 Å². The molecule has 0 saturated heterocycles. The van der Waals surface area contributed by atoms with Crippen LogP contribution in [0.2, 0.25) is 0 Å². The molecule has 0 atom stereocenters. The SMILES string of the molecule is Cc1cc(C)c(O)c(C(C)C)c1. The third kappa shape index (κ3) is 1.60. The maximum absolute atomic E-state index is 9.69. The molecule has 0 aliphatic carbocycles. The fourth-order valence-electron chi connectivity index (χ4n) is 1.43. The van der Waals surface area contributed by atoms with Gasteiger partial charge in [0.25, 0.3) is 0 Å². The molecule has 0 spiro atoms. The minimum absolute atomic E-state index is 0.392. The first-order valence-electron chi connectivity index (χ1n) is 4.32. The number of aromatic hydroxyl groups is 1. The second kappa shape index (κ2) is 3.18. The second-order valence-corrected chi connectivity index (χ2v) is 3.67. The van der Waals surface area contributed by atoms with Crippen molar-refractivity contribution in [2.45, 2.75) is 33.6 Å². The number of benzene rings is 1. The fraction of sp³-hybridized carbons (Fsp3) is 0.455. The highest BCUT2D eigenvalue weighted by atomic mass is 16.3. The van der Waals surface area contributed by atoms with Gasteiger partial charge in [-0.05, 0) is 30.9 Å². The van der Waals surface area contributed by atoms with Crippen molar-refractivity contribution >= 4 is 0 Å². The topological polar surface area (TPSA) is 20.2 Å². The van der Waals surface area contributed by atoms with Crippen molar-refractivity contribution in [2.75, 3.05) is 0 Å². The van der Waals surface area contributed by atoms with Crippen LogP contribution in [-0.2, 0) is 0 Å². The maximum atomic E-state index is 9.69. The molecule has 0 bridgehead atoms. The Labute approximate surface area is 74.1 Å². The van der Waals surface area contributed by atoms with E-state index in [4.69, 9.17) is 0 Å². The molecule has 0 aliphatic heterocycles. The van der Waals surface area contributed by atoms with Crippen LogP contribution in [0.25, 0.3) is 0 Å². The molecule has 0 radical (unpaired) electrons. The molecule has 12 heavy (non-hydrogen) atoms. The standard InChI is InChI=1S/C11H16O/c1-7(2)10-6-8(3)5-9(4)11(10)12/h5-7,12H,1-4H3. The van der Waals surface area contributed by atoms with Crippen LogP contribution in [0.3, 0.4) is 0 Å². The first-order valence-corrected chi connectivity index (χ1v) is 4.32. The Bertz CT molecular complexity index is 287. The molecule has 0 fully saturated rings. The van der Waals surface area contributed by atoms with Gasteiger partial charge in [-0.1, -0.05) is 31.5 Å². The monoisotopic (exact) mass is 164 g/mol. The Morgan fingerprint density at radius 1 is 1.17 bits per heavy atom. The van der Waals surface area contributed by atoms with E-state index in [1.165, 1.54) is 5.56 Å². The highest BCUT2D eigenvalue weighted by Crippen LogP contribution is 2.29. The van der Waals surface area contributed by atoms with Crippen molar-refractivity contribution in [1.29, 1.82) is 0 Å². The predicted molar refractivity (Wildman–Crippen MR) is 51.7 cm³/mol. The molecular weight excluding hydrogens is 148 g/mol. The van der Waals surface area contributed by atoms with Crippen molar-refractivity contribution in [3.8, 4) is 5.75 Å². The first kappa shape index (κ1) is 9.11. The largest absolute Gasteiger partial charge is 0.507 e. The smallest absolute Gasteiger partial charge is 0.121 e. The Balaban J connectivity index is 3.28. The van der Waals surface area contributed by atoms with E-state index in [1.807, 2.05) is 19.1 Å². The van der Waals surface area contributed by atoms with Gasteiger partial charge in [-0.15, -0.1) is 0 Å². The summed E-state index contributed by atoms with van der Waals surface area (Å²) in [5.41, 5.74) is 3.24. The summed E-state index contributed by atoms with van der Waals surface area (Å²) in [5, 5.41) is 9.69. The molecule has 0 amide bonds. The Hall–Kier alpha value is -0.980. The van der Waals surface area contributed by atoms with E-state index in [0.717, 1.165) is 11.1 Å². The number of rotatable bonds is 1. The molecule has 0 saturated carbocycles. The summed E-state index contributed by atoms with van der Waals surface area (Å²) in [6.45, 7) is 8.18. The van der Waals surface area contributed by atoms with Crippen molar-refractivity contribution in [2.24, 2.45) is 0 Å². The van der Waals surface area contributed by atoms with Crippen molar-refractivity contribution < 1.29 is 5.11 Å². The lowest BCUT2D eigenvalue weighted by atomic mass is 9.97. The van der Waals surface area contributed by atoms with Gasteiger partial charge in [0.1, 0.15) is 5.75 Å². The average molecular weight is 164 g/mol. The number of hydrogen-bond acceptors (Lipinski definition) is 1. The van der Waals surface area contributed by atoms with Crippen LogP contribution in [-0.4, -0.2) is 5.11 Å². The first-order chi connectivity index (χ1) is 5.52. The van der Waals surface area contributed by atoms with Gasteiger partial charge in [-0.3, -0.25) is 0 Å².